The van der Waals surface area contributed by atoms with Crippen LogP contribution in [0.15, 0.2) is 36.4 Å². The second-order valence-corrected chi connectivity index (χ2v) is 5.02. The number of hydrogen-bond acceptors (Lipinski definition) is 4. The Labute approximate surface area is 129 Å². The molecule has 0 aromatic heterocycles. The summed E-state index contributed by atoms with van der Waals surface area (Å²) in [6.07, 6.45) is 1.64. The molecule has 22 heavy (non-hydrogen) atoms. The van der Waals surface area contributed by atoms with Gasteiger partial charge in [0.15, 0.2) is 0 Å². The summed E-state index contributed by atoms with van der Waals surface area (Å²) in [5, 5.41) is 19.5. The molecule has 0 bridgehead atoms. The summed E-state index contributed by atoms with van der Waals surface area (Å²) >= 11 is 0. The van der Waals surface area contributed by atoms with Gasteiger partial charge in [0, 0.05) is 11.3 Å². The van der Waals surface area contributed by atoms with E-state index in [1.54, 1.807) is 0 Å². The minimum atomic E-state index is -0.902. The third-order valence-electron chi connectivity index (χ3n) is 2.97. The number of carboxylic acids is 2. The van der Waals surface area contributed by atoms with Crippen LogP contribution in [0.5, 0.6) is 0 Å². The highest BCUT2D eigenvalue weighted by Crippen LogP contribution is 2.17. The summed E-state index contributed by atoms with van der Waals surface area (Å²) in [6, 6.07) is 7.59. The Balaban J connectivity index is 0.000000224. The summed E-state index contributed by atoms with van der Waals surface area (Å²) in [5.74, 6) is -1.75. The van der Waals surface area contributed by atoms with Crippen LogP contribution in [0.2, 0.25) is 0 Å². The first-order valence-corrected chi connectivity index (χ1v) is 6.93. The lowest BCUT2D eigenvalue weighted by molar-refractivity contribution is -0.135. The molecule has 0 saturated carbocycles. The van der Waals surface area contributed by atoms with Crippen molar-refractivity contribution in [2.45, 2.75) is 25.9 Å². The highest BCUT2D eigenvalue weighted by molar-refractivity contribution is 5.85. The van der Waals surface area contributed by atoms with Crippen molar-refractivity contribution in [1.82, 2.24) is 0 Å². The van der Waals surface area contributed by atoms with Crippen molar-refractivity contribution in [3.05, 3.63) is 42.0 Å². The van der Waals surface area contributed by atoms with E-state index in [-0.39, 0.29) is 12.1 Å². The van der Waals surface area contributed by atoms with Crippen LogP contribution < -0.4 is 5.32 Å². The van der Waals surface area contributed by atoms with E-state index in [0.717, 1.165) is 24.3 Å². The van der Waals surface area contributed by atoms with Crippen molar-refractivity contribution in [2.75, 3.05) is 18.5 Å². The fraction of sp³-hybridized carbons (Fsp3) is 0.375. The van der Waals surface area contributed by atoms with Crippen molar-refractivity contribution >= 4 is 17.6 Å². The lowest BCUT2D eigenvalue weighted by atomic mass is 10.1. The smallest absolute Gasteiger partial charge is 0.330 e. The first-order valence-electron chi connectivity index (χ1n) is 6.93. The lowest BCUT2D eigenvalue weighted by Crippen LogP contribution is -2.11. The molecule has 120 valence electrons. The molecule has 1 unspecified atom stereocenters. The molecule has 1 atom stereocenters. The van der Waals surface area contributed by atoms with Crippen molar-refractivity contribution in [2.24, 2.45) is 0 Å². The van der Waals surface area contributed by atoms with Gasteiger partial charge in [-0.15, -0.1) is 0 Å². The monoisotopic (exact) mass is 307 g/mol. The van der Waals surface area contributed by atoms with Crippen molar-refractivity contribution in [3.8, 4) is 0 Å². The van der Waals surface area contributed by atoms with Gasteiger partial charge in [-0.1, -0.05) is 24.3 Å². The first-order chi connectivity index (χ1) is 10.4. The van der Waals surface area contributed by atoms with E-state index < -0.39 is 11.9 Å². The molecule has 0 aliphatic carbocycles. The third-order valence-corrected chi connectivity index (χ3v) is 2.97. The van der Waals surface area contributed by atoms with Crippen molar-refractivity contribution < 1.29 is 24.5 Å². The number of anilines is 1. The number of hydrogen-bond donors (Lipinski definition) is 3. The predicted molar refractivity (Wildman–Crippen MR) is 83.1 cm³/mol. The normalized spacial score (nSPS) is 15.2. The maximum absolute atomic E-state index is 10.2. The molecule has 1 aliphatic rings. The number of carbonyl (C=O) groups is 2. The molecule has 0 spiro atoms. The van der Waals surface area contributed by atoms with Crippen LogP contribution in [-0.4, -0.2) is 41.4 Å². The molecule has 0 radical (unpaired) electrons. The lowest BCUT2D eigenvalue weighted by Gasteiger charge is -2.02. The van der Waals surface area contributed by atoms with Gasteiger partial charge >= 0.3 is 11.9 Å². The molecule has 1 heterocycles. The topological polar surface area (TPSA) is 99.2 Å². The summed E-state index contributed by atoms with van der Waals surface area (Å²) in [4.78, 5) is 20.4. The van der Waals surface area contributed by atoms with Crippen LogP contribution >= 0.6 is 0 Å². The number of carboxylic acid groups (broad SMARTS) is 2. The molecule has 1 saturated heterocycles. The zero-order valence-corrected chi connectivity index (χ0v) is 12.5. The molecule has 0 amide bonds. The van der Waals surface area contributed by atoms with Gasteiger partial charge in [0.1, 0.15) is 6.54 Å². The van der Waals surface area contributed by atoms with E-state index in [4.69, 9.17) is 14.9 Å². The highest BCUT2D eigenvalue weighted by atomic mass is 16.6. The number of aryl methyl sites for hydroxylation is 1. The molecule has 2 rings (SSSR count). The Morgan fingerprint density at radius 1 is 1.32 bits per heavy atom. The molecule has 1 aromatic carbocycles. The van der Waals surface area contributed by atoms with E-state index in [9.17, 15) is 9.59 Å². The van der Waals surface area contributed by atoms with E-state index >= 15 is 0 Å². The maximum Gasteiger partial charge on any atom is 0.330 e. The highest BCUT2D eigenvalue weighted by Gasteiger charge is 2.22. The fourth-order valence-corrected chi connectivity index (χ4v) is 1.53. The van der Waals surface area contributed by atoms with Gasteiger partial charge in [0.2, 0.25) is 0 Å². The van der Waals surface area contributed by atoms with Crippen LogP contribution in [0.25, 0.3) is 0 Å². The Morgan fingerprint density at radius 2 is 1.91 bits per heavy atom. The maximum atomic E-state index is 10.2. The fourth-order valence-electron chi connectivity index (χ4n) is 1.53. The largest absolute Gasteiger partial charge is 0.480 e. The van der Waals surface area contributed by atoms with Gasteiger partial charge < -0.3 is 20.3 Å². The SMILES string of the molecule is C=C(CCC1CO1)C(=O)O.Cc1ccc(NCC(=O)O)cc1. The number of rotatable bonds is 7. The number of benzene rings is 1. The zero-order valence-electron chi connectivity index (χ0n) is 12.5. The van der Waals surface area contributed by atoms with Crippen LogP contribution in [0.3, 0.4) is 0 Å². The molecule has 6 heteroatoms. The Hall–Kier alpha value is -2.34. The van der Waals surface area contributed by atoms with Gasteiger partial charge in [-0.2, -0.15) is 0 Å². The summed E-state index contributed by atoms with van der Waals surface area (Å²) < 4.78 is 4.90. The van der Waals surface area contributed by atoms with Crippen LogP contribution in [0.1, 0.15) is 18.4 Å². The molecular formula is C16H21NO5. The zero-order chi connectivity index (χ0) is 16.5. The number of nitrogens with one attached hydrogen (secondary N) is 1. The molecular weight excluding hydrogens is 286 g/mol. The summed E-state index contributed by atoms with van der Waals surface area (Å²) in [7, 11) is 0. The van der Waals surface area contributed by atoms with E-state index in [1.165, 1.54) is 0 Å². The number of aliphatic carboxylic acids is 2. The van der Waals surface area contributed by atoms with Crippen molar-refractivity contribution in [1.29, 1.82) is 0 Å². The number of ether oxygens (including phenoxy) is 1. The first kappa shape index (κ1) is 17.7. The second kappa shape index (κ2) is 8.84. The summed E-state index contributed by atoms with van der Waals surface area (Å²) in [6.45, 7) is 6.13. The van der Waals surface area contributed by atoms with Gasteiger partial charge in [-0.25, -0.2) is 4.79 Å². The molecule has 1 fully saturated rings. The average Bonchev–Trinajstić information content (AvgIpc) is 3.29. The van der Waals surface area contributed by atoms with Gasteiger partial charge in [-0.05, 0) is 31.9 Å². The molecule has 1 aliphatic heterocycles. The summed E-state index contributed by atoms with van der Waals surface area (Å²) in [5.41, 5.74) is 2.27. The Bertz CT molecular complexity index is 520. The second-order valence-electron chi connectivity index (χ2n) is 5.02. The third kappa shape index (κ3) is 8.06. The van der Waals surface area contributed by atoms with Gasteiger partial charge in [0.05, 0.1) is 12.7 Å². The van der Waals surface area contributed by atoms with Gasteiger partial charge in [-0.3, -0.25) is 4.79 Å². The minimum absolute atomic E-state index is 0.0386. The standard InChI is InChI=1S/C9H11NO2.C7H10O3/c1-7-2-4-8(5-3-7)10-6-9(11)12;1-5(7(8)9)2-3-6-4-10-6/h2-5,10H,6H2,1H3,(H,11,12);6H,1-4H2,(H,8,9). The average molecular weight is 307 g/mol. The minimum Gasteiger partial charge on any atom is -0.480 e. The van der Waals surface area contributed by atoms with Crippen molar-refractivity contribution in [3.63, 3.8) is 0 Å². The molecule has 1 aromatic rings. The van der Waals surface area contributed by atoms with E-state index in [2.05, 4.69) is 11.9 Å². The quantitative estimate of drug-likeness (QED) is 0.528. The van der Waals surface area contributed by atoms with E-state index in [0.29, 0.717) is 12.5 Å². The Morgan fingerprint density at radius 3 is 2.36 bits per heavy atom. The molecule has 6 nitrogen and oxygen atoms in total. The van der Waals surface area contributed by atoms with Crippen LogP contribution in [0, 0.1) is 6.92 Å². The number of epoxide rings is 1. The van der Waals surface area contributed by atoms with Gasteiger partial charge in [0.25, 0.3) is 0 Å². The van der Waals surface area contributed by atoms with Crippen LogP contribution in [-0.2, 0) is 14.3 Å². The predicted octanol–water partition coefficient (Wildman–Crippen LogP) is 2.30. The Kier molecular flexibility index (Phi) is 7.12. The van der Waals surface area contributed by atoms with Crippen LogP contribution in [0.4, 0.5) is 5.69 Å². The molecule has 3 N–H and O–H groups in total. The van der Waals surface area contributed by atoms with E-state index in [1.807, 2.05) is 31.2 Å².